The molecule has 1 aliphatic heterocycles. The number of ether oxygens (including phenoxy) is 2. The van der Waals surface area contributed by atoms with Crippen molar-refractivity contribution < 1.29 is 9.47 Å². The van der Waals surface area contributed by atoms with Crippen LogP contribution >= 0.6 is 0 Å². The van der Waals surface area contributed by atoms with Crippen molar-refractivity contribution in [2.24, 2.45) is 0 Å². The molecule has 0 atom stereocenters. The average Bonchev–Trinajstić information content (AvgIpc) is 3.11. The third-order valence-corrected chi connectivity index (χ3v) is 5.79. The summed E-state index contributed by atoms with van der Waals surface area (Å²) < 4.78 is 10.8. The van der Waals surface area contributed by atoms with Crippen LogP contribution in [0.15, 0.2) is 42.6 Å². The Hall–Kier alpha value is -2.46. The molecule has 2 aromatic carbocycles. The van der Waals surface area contributed by atoms with Crippen molar-refractivity contribution >= 4 is 10.9 Å². The van der Waals surface area contributed by atoms with Crippen LogP contribution in [0.25, 0.3) is 10.9 Å². The molecule has 150 valence electrons. The minimum Gasteiger partial charge on any atom is -0.493 e. The maximum atomic E-state index is 5.45. The number of aromatic nitrogens is 1. The Bertz CT molecular complexity index is 923. The summed E-state index contributed by atoms with van der Waals surface area (Å²) in [5.74, 6) is 2.21. The van der Waals surface area contributed by atoms with E-state index in [1.54, 1.807) is 14.2 Å². The number of rotatable bonds is 5. The van der Waals surface area contributed by atoms with Gasteiger partial charge in [0.15, 0.2) is 11.5 Å². The van der Waals surface area contributed by atoms with Gasteiger partial charge < -0.3 is 19.4 Å². The van der Waals surface area contributed by atoms with Crippen LogP contribution in [0.4, 0.5) is 0 Å². The third-order valence-electron chi connectivity index (χ3n) is 5.79. The quantitative estimate of drug-likeness (QED) is 0.659. The van der Waals surface area contributed by atoms with Gasteiger partial charge in [-0.2, -0.15) is 0 Å². The monoisotopic (exact) mass is 380 g/mol. The van der Waals surface area contributed by atoms with E-state index in [1.807, 2.05) is 6.07 Å². The molecule has 3 aromatic rings. The maximum absolute atomic E-state index is 5.45. The predicted octanol–water partition coefficient (Wildman–Crippen LogP) is 5.22. The standard InChI is InChI=1S/C23H28N2O2.CH4/c1-25-10-8-18(9-11-25)20-15-24-21-6-4-16(13-19(20)21)12-17-5-7-22(26-2)23(14-17)27-3;/h4-7,13-15,18,24H,8-12H2,1-3H3;1H4. The molecule has 28 heavy (non-hydrogen) atoms. The zero-order chi connectivity index (χ0) is 18.8. The fourth-order valence-electron chi connectivity index (χ4n) is 4.18. The van der Waals surface area contributed by atoms with Gasteiger partial charge in [-0.15, -0.1) is 0 Å². The lowest BCUT2D eigenvalue weighted by Gasteiger charge is -2.28. The summed E-state index contributed by atoms with van der Waals surface area (Å²) in [6, 6.07) is 12.9. The Labute approximate surface area is 168 Å². The van der Waals surface area contributed by atoms with E-state index in [1.165, 1.54) is 53.5 Å². The summed E-state index contributed by atoms with van der Waals surface area (Å²) in [4.78, 5) is 5.90. The van der Waals surface area contributed by atoms with E-state index in [0.29, 0.717) is 5.92 Å². The van der Waals surface area contributed by atoms with Crippen LogP contribution in [0.1, 0.15) is 42.9 Å². The molecule has 0 spiro atoms. The van der Waals surface area contributed by atoms with E-state index in [9.17, 15) is 0 Å². The van der Waals surface area contributed by atoms with Gasteiger partial charge in [0.2, 0.25) is 0 Å². The molecule has 4 rings (SSSR count). The number of benzene rings is 2. The van der Waals surface area contributed by atoms with Crippen LogP contribution in [0.2, 0.25) is 0 Å². The second-order valence-electron chi connectivity index (χ2n) is 7.57. The van der Waals surface area contributed by atoms with Crippen molar-refractivity contribution in [3.63, 3.8) is 0 Å². The normalized spacial score (nSPS) is 15.4. The van der Waals surface area contributed by atoms with Crippen molar-refractivity contribution in [3.05, 3.63) is 59.3 Å². The molecule has 0 saturated carbocycles. The number of nitrogens with one attached hydrogen (secondary N) is 1. The number of hydrogen-bond donors (Lipinski definition) is 1. The predicted molar refractivity (Wildman–Crippen MR) is 117 cm³/mol. The van der Waals surface area contributed by atoms with Gasteiger partial charge in [-0.1, -0.05) is 19.6 Å². The summed E-state index contributed by atoms with van der Waals surface area (Å²) in [6.45, 7) is 2.37. The summed E-state index contributed by atoms with van der Waals surface area (Å²) in [5.41, 5.74) is 5.26. The van der Waals surface area contributed by atoms with Gasteiger partial charge in [0.05, 0.1) is 14.2 Å². The maximum Gasteiger partial charge on any atom is 0.160 e. The molecule has 0 radical (unpaired) electrons. The Morgan fingerprint density at radius 1 is 0.964 bits per heavy atom. The molecule has 0 unspecified atom stereocenters. The molecule has 2 heterocycles. The lowest BCUT2D eigenvalue weighted by molar-refractivity contribution is 0.256. The number of likely N-dealkylation sites (tertiary alicyclic amines) is 1. The van der Waals surface area contributed by atoms with E-state index in [-0.39, 0.29) is 7.43 Å². The van der Waals surface area contributed by atoms with Crippen molar-refractivity contribution in [2.45, 2.75) is 32.6 Å². The molecule has 1 N–H and O–H groups in total. The fourth-order valence-corrected chi connectivity index (χ4v) is 4.18. The van der Waals surface area contributed by atoms with E-state index >= 15 is 0 Å². The summed E-state index contributed by atoms with van der Waals surface area (Å²) in [5, 5.41) is 1.38. The molecular formula is C24H32N2O2. The first-order valence-electron chi connectivity index (χ1n) is 9.67. The lowest BCUT2D eigenvalue weighted by Crippen LogP contribution is -2.29. The molecule has 1 aromatic heterocycles. The number of piperidine rings is 1. The fraction of sp³-hybridized carbons (Fsp3) is 0.417. The van der Waals surface area contributed by atoms with Crippen LogP contribution in [-0.2, 0) is 6.42 Å². The highest BCUT2D eigenvalue weighted by Crippen LogP contribution is 2.34. The third kappa shape index (κ3) is 4.02. The highest BCUT2D eigenvalue weighted by atomic mass is 16.5. The number of aromatic amines is 1. The minimum atomic E-state index is 0. The largest absolute Gasteiger partial charge is 0.493 e. The topological polar surface area (TPSA) is 37.5 Å². The first-order valence-corrected chi connectivity index (χ1v) is 9.67. The molecule has 4 heteroatoms. The van der Waals surface area contributed by atoms with Crippen LogP contribution < -0.4 is 9.47 Å². The van der Waals surface area contributed by atoms with Gasteiger partial charge in [0, 0.05) is 17.1 Å². The first kappa shape index (κ1) is 20.3. The van der Waals surface area contributed by atoms with Crippen molar-refractivity contribution in [2.75, 3.05) is 34.4 Å². The number of fused-ring (bicyclic) bond motifs is 1. The number of methoxy groups -OCH3 is 2. The Morgan fingerprint density at radius 3 is 2.36 bits per heavy atom. The van der Waals surface area contributed by atoms with Crippen LogP contribution in [0.5, 0.6) is 11.5 Å². The number of nitrogens with zero attached hydrogens (tertiary/aromatic N) is 1. The molecule has 0 aliphatic carbocycles. The Balaban J connectivity index is 0.00000225. The summed E-state index contributed by atoms with van der Waals surface area (Å²) >= 11 is 0. The van der Waals surface area contributed by atoms with Gasteiger partial charge >= 0.3 is 0 Å². The second-order valence-corrected chi connectivity index (χ2v) is 7.57. The number of hydrogen-bond acceptors (Lipinski definition) is 3. The highest BCUT2D eigenvalue weighted by Gasteiger charge is 2.21. The van der Waals surface area contributed by atoms with Crippen molar-refractivity contribution in [1.82, 2.24) is 9.88 Å². The van der Waals surface area contributed by atoms with Crippen LogP contribution in [0, 0.1) is 0 Å². The highest BCUT2D eigenvalue weighted by molar-refractivity contribution is 5.84. The zero-order valence-electron chi connectivity index (χ0n) is 16.4. The van der Waals surface area contributed by atoms with Gasteiger partial charge in [-0.25, -0.2) is 0 Å². The van der Waals surface area contributed by atoms with E-state index in [2.05, 4.69) is 53.5 Å². The molecule has 0 bridgehead atoms. The van der Waals surface area contributed by atoms with E-state index in [4.69, 9.17) is 9.47 Å². The minimum absolute atomic E-state index is 0. The molecule has 1 aliphatic rings. The molecular weight excluding hydrogens is 348 g/mol. The lowest BCUT2D eigenvalue weighted by atomic mass is 9.89. The van der Waals surface area contributed by atoms with Gasteiger partial charge in [0.1, 0.15) is 0 Å². The molecule has 4 nitrogen and oxygen atoms in total. The van der Waals surface area contributed by atoms with Crippen molar-refractivity contribution in [1.29, 1.82) is 0 Å². The smallest absolute Gasteiger partial charge is 0.160 e. The van der Waals surface area contributed by atoms with E-state index in [0.717, 1.165) is 17.9 Å². The number of H-pyrrole nitrogens is 1. The SMILES string of the molecule is C.COc1ccc(Cc2ccc3[nH]cc(C4CCN(C)CC4)c3c2)cc1OC. The second kappa shape index (κ2) is 8.70. The van der Waals surface area contributed by atoms with E-state index < -0.39 is 0 Å². The molecule has 0 amide bonds. The van der Waals surface area contributed by atoms with Gasteiger partial charge in [-0.3, -0.25) is 0 Å². The van der Waals surface area contributed by atoms with Crippen molar-refractivity contribution in [3.8, 4) is 11.5 Å². The zero-order valence-corrected chi connectivity index (χ0v) is 16.4. The molecule has 1 saturated heterocycles. The Kier molecular flexibility index (Phi) is 6.30. The van der Waals surface area contributed by atoms with Gasteiger partial charge in [0.25, 0.3) is 0 Å². The van der Waals surface area contributed by atoms with Gasteiger partial charge in [-0.05, 0) is 86.3 Å². The summed E-state index contributed by atoms with van der Waals surface area (Å²) in [6.07, 6.45) is 5.59. The van der Waals surface area contributed by atoms with Crippen LogP contribution in [-0.4, -0.2) is 44.2 Å². The first-order chi connectivity index (χ1) is 13.2. The molecule has 1 fully saturated rings. The Morgan fingerprint density at radius 2 is 1.64 bits per heavy atom. The summed E-state index contributed by atoms with van der Waals surface area (Å²) in [7, 11) is 5.57. The average molecular weight is 381 g/mol. The van der Waals surface area contributed by atoms with Crippen LogP contribution in [0.3, 0.4) is 0 Å².